The van der Waals surface area contributed by atoms with Crippen molar-refractivity contribution in [2.45, 2.75) is 0 Å². The summed E-state index contributed by atoms with van der Waals surface area (Å²) < 4.78 is 6.52. The topological polar surface area (TPSA) is 16.4 Å². The van der Waals surface area contributed by atoms with Crippen LogP contribution < -0.4 is 4.90 Å². The molecule has 1 heterocycles. The van der Waals surface area contributed by atoms with Gasteiger partial charge in [0.15, 0.2) is 0 Å². The average molecular weight is 716 g/mol. The summed E-state index contributed by atoms with van der Waals surface area (Å²) in [4.78, 5) is 2.32. The Hall–Kier alpha value is -7.42. The van der Waals surface area contributed by atoms with Gasteiger partial charge in [-0.25, -0.2) is 0 Å². The molecule has 0 saturated carbocycles. The van der Waals surface area contributed by atoms with Crippen LogP contribution in [-0.4, -0.2) is 0 Å². The van der Waals surface area contributed by atoms with Gasteiger partial charge in [0, 0.05) is 33.6 Å². The molecule has 2 heteroatoms. The Morgan fingerprint density at radius 3 is 1.50 bits per heavy atom. The summed E-state index contributed by atoms with van der Waals surface area (Å²) in [5.74, 6) is 0.890. The van der Waals surface area contributed by atoms with E-state index in [4.69, 9.17) is 4.42 Å². The Balaban J connectivity index is 0.934. The van der Waals surface area contributed by atoms with Crippen molar-refractivity contribution in [3.05, 3.63) is 224 Å². The van der Waals surface area contributed by atoms with Gasteiger partial charge >= 0.3 is 0 Å². The summed E-state index contributed by atoms with van der Waals surface area (Å²) in [7, 11) is 0. The van der Waals surface area contributed by atoms with E-state index >= 15 is 0 Å². The number of hydrogen-bond donors (Lipinski definition) is 0. The summed E-state index contributed by atoms with van der Waals surface area (Å²) in [6.07, 6.45) is 0. The van der Waals surface area contributed by atoms with E-state index < -0.39 is 0 Å². The minimum atomic E-state index is 0.890. The zero-order chi connectivity index (χ0) is 37.3. The first-order chi connectivity index (χ1) is 27.8. The Morgan fingerprint density at radius 1 is 0.304 bits per heavy atom. The molecule has 0 bridgehead atoms. The highest BCUT2D eigenvalue weighted by Gasteiger charge is 2.18. The molecule has 10 rings (SSSR count). The molecule has 9 aromatic carbocycles. The summed E-state index contributed by atoms with van der Waals surface area (Å²) >= 11 is 0. The maximum atomic E-state index is 6.52. The van der Waals surface area contributed by atoms with Gasteiger partial charge in [-0.3, -0.25) is 0 Å². The van der Waals surface area contributed by atoms with E-state index in [0.717, 1.165) is 61.6 Å². The van der Waals surface area contributed by atoms with E-state index in [1.165, 1.54) is 33.0 Å². The Labute approximate surface area is 327 Å². The molecule has 0 aliphatic heterocycles. The van der Waals surface area contributed by atoms with Crippen molar-refractivity contribution in [1.29, 1.82) is 0 Å². The first-order valence-corrected chi connectivity index (χ1v) is 19.1. The second kappa shape index (κ2) is 14.4. The third-order valence-electron chi connectivity index (χ3n) is 10.7. The summed E-state index contributed by atoms with van der Waals surface area (Å²) in [5, 5.41) is 3.64. The third-order valence-corrected chi connectivity index (χ3v) is 10.7. The minimum Gasteiger partial charge on any atom is -0.455 e. The summed E-state index contributed by atoms with van der Waals surface area (Å²) in [6.45, 7) is 0. The average Bonchev–Trinajstić information content (AvgIpc) is 3.68. The van der Waals surface area contributed by atoms with Crippen molar-refractivity contribution >= 4 is 38.8 Å². The molecule has 0 aliphatic rings. The zero-order valence-electron chi connectivity index (χ0n) is 30.7. The molecule has 264 valence electrons. The van der Waals surface area contributed by atoms with Crippen LogP contribution >= 0.6 is 0 Å². The van der Waals surface area contributed by atoms with Gasteiger partial charge in [0.2, 0.25) is 0 Å². The highest BCUT2D eigenvalue weighted by atomic mass is 16.3. The number of furan rings is 1. The molecule has 10 aromatic rings. The second-order valence-electron chi connectivity index (χ2n) is 14.1. The van der Waals surface area contributed by atoms with Crippen LogP contribution in [0, 0.1) is 0 Å². The molecular weight excluding hydrogens is 679 g/mol. The van der Waals surface area contributed by atoms with Gasteiger partial charge in [-0.15, -0.1) is 0 Å². The second-order valence-corrected chi connectivity index (χ2v) is 14.1. The molecule has 0 saturated heterocycles. The fourth-order valence-electron chi connectivity index (χ4n) is 7.93. The molecule has 0 amide bonds. The highest BCUT2D eigenvalue weighted by molar-refractivity contribution is 6.02. The van der Waals surface area contributed by atoms with Crippen molar-refractivity contribution in [1.82, 2.24) is 0 Å². The van der Waals surface area contributed by atoms with Crippen LogP contribution in [-0.2, 0) is 0 Å². The smallest absolute Gasteiger partial charge is 0.143 e. The lowest BCUT2D eigenvalue weighted by atomic mass is 9.95. The molecule has 0 spiro atoms. The molecule has 0 radical (unpaired) electrons. The highest BCUT2D eigenvalue weighted by Crippen LogP contribution is 2.42. The molecule has 1 aromatic heterocycles. The van der Waals surface area contributed by atoms with E-state index in [-0.39, 0.29) is 0 Å². The number of rotatable bonds is 8. The van der Waals surface area contributed by atoms with Crippen molar-refractivity contribution in [2.24, 2.45) is 0 Å². The van der Waals surface area contributed by atoms with Crippen LogP contribution in [0.15, 0.2) is 229 Å². The van der Waals surface area contributed by atoms with Crippen molar-refractivity contribution < 1.29 is 4.42 Å². The normalized spacial score (nSPS) is 11.2. The third kappa shape index (κ3) is 6.24. The predicted octanol–water partition coefficient (Wildman–Crippen LogP) is 15.4. The number of para-hydroxylation sites is 2. The quantitative estimate of drug-likeness (QED) is 0.156. The van der Waals surface area contributed by atoms with Crippen LogP contribution in [0.2, 0.25) is 0 Å². The van der Waals surface area contributed by atoms with Gasteiger partial charge in [-0.1, -0.05) is 176 Å². The molecule has 56 heavy (non-hydrogen) atoms. The van der Waals surface area contributed by atoms with Gasteiger partial charge in [0.1, 0.15) is 11.3 Å². The van der Waals surface area contributed by atoms with E-state index in [1.54, 1.807) is 0 Å². The molecule has 0 N–H and O–H groups in total. The predicted molar refractivity (Wildman–Crippen MR) is 236 cm³/mol. The van der Waals surface area contributed by atoms with Crippen molar-refractivity contribution in [3.63, 3.8) is 0 Å². The van der Waals surface area contributed by atoms with Gasteiger partial charge < -0.3 is 9.32 Å². The molecule has 2 nitrogen and oxygen atoms in total. The molecule has 0 unspecified atom stereocenters. The van der Waals surface area contributed by atoms with Crippen LogP contribution in [0.5, 0.6) is 0 Å². The van der Waals surface area contributed by atoms with Crippen molar-refractivity contribution in [3.8, 4) is 55.8 Å². The van der Waals surface area contributed by atoms with Crippen LogP contribution in [0.25, 0.3) is 77.6 Å². The fraction of sp³-hybridized carbons (Fsp3) is 0. The lowest BCUT2D eigenvalue weighted by Gasteiger charge is -2.26. The number of nitrogens with zero attached hydrogens (tertiary/aromatic N) is 1. The molecule has 0 aliphatic carbocycles. The van der Waals surface area contributed by atoms with Crippen molar-refractivity contribution in [2.75, 3.05) is 4.90 Å². The molecular formula is C54H37NO. The molecule has 0 fully saturated rings. The van der Waals surface area contributed by atoms with E-state index in [1.807, 2.05) is 12.1 Å². The standard InChI is InChI=1S/C54H37NO/c1-3-14-43(15-4-1)53-51-22-9-10-24-52(51)56-54(53)45-18-11-17-44(37-45)40-27-25-38(26-28-40)39-29-33-47(34-30-39)55(46-19-5-2-6-20-46)48-35-31-42(32-36-48)50-23-12-16-41-13-7-8-21-49(41)50/h1-37H. The van der Waals surface area contributed by atoms with Gasteiger partial charge in [-0.05, 0) is 98.2 Å². The lowest BCUT2D eigenvalue weighted by Crippen LogP contribution is -2.09. The monoisotopic (exact) mass is 715 g/mol. The zero-order valence-corrected chi connectivity index (χ0v) is 30.7. The molecule has 0 atom stereocenters. The van der Waals surface area contributed by atoms with Crippen LogP contribution in [0.3, 0.4) is 0 Å². The Morgan fingerprint density at radius 2 is 0.786 bits per heavy atom. The van der Waals surface area contributed by atoms with Crippen LogP contribution in [0.1, 0.15) is 0 Å². The number of fused-ring (bicyclic) bond motifs is 2. The maximum Gasteiger partial charge on any atom is 0.143 e. The van der Waals surface area contributed by atoms with E-state index in [2.05, 4.69) is 217 Å². The first kappa shape index (κ1) is 33.2. The summed E-state index contributed by atoms with van der Waals surface area (Å²) in [6, 6.07) is 79.8. The van der Waals surface area contributed by atoms with Gasteiger partial charge in [-0.2, -0.15) is 0 Å². The first-order valence-electron chi connectivity index (χ1n) is 19.1. The van der Waals surface area contributed by atoms with Gasteiger partial charge in [0.25, 0.3) is 0 Å². The number of hydrogen-bond acceptors (Lipinski definition) is 2. The maximum absolute atomic E-state index is 6.52. The Bertz CT molecular complexity index is 2920. The van der Waals surface area contributed by atoms with E-state index in [9.17, 15) is 0 Å². The van der Waals surface area contributed by atoms with E-state index in [0.29, 0.717) is 0 Å². The summed E-state index contributed by atoms with van der Waals surface area (Å²) in [5.41, 5.74) is 14.6. The van der Waals surface area contributed by atoms with Gasteiger partial charge in [0.05, 0.1) is 0 Å². The SMILES string of the molecule is c1ccc(-c2c(-c3cccc(-c4ccc(-c5ccc(N(c6ccccc6)c6ccc(-c7cccc8ccccc78)cc6)cc5)cc4)c3)oc3ccccc23)cc1. The van der Waals surface area contributed by atoms with Crippen LogP contribution in [0.4, 0.5) is 17.1 Å². The largest absolute Gasteiger partial charge is 0.455 e. The minimum absolute atomic E-state index is 0.890. The fourth-order valence-corrected chi connectivity index (χ4v) is 7.93. The Kier molecular flexibility index (Phi) is 8.55. The number of anilines is 3. The number of benzene rings is 9. The lowest BCUT2D eigenvalue weighted by molar-refractivity contribution is 0.632.